The average molecular weight is 417 g/mol. The van der Waals surface area contributed by atoms with Gasteiger partial charge in [0.2, 0.25) is 0 Å². The Kier molecular flexibility index (Phi) is 6.08. The van der Waals surface area contributed by atoms with Crippen LogP contribution in [0.15, 0.2) is 60.7 Å². The van der Waals surface area contributed by atoms with Crippen LogP contribution in [0.4, 0.5) is 10.2 Å². The molecule has 2 heterocycles. The van der Waals surface area contributed by atoms with Crippen LogP contribution in [-0.4, -0.2) is 40.5 Å². The molecule has 1 atom stereocenters. The maximum atomic E-state index is 13.8. The summed E-state index contributed by atoms with van der Waals surface area (Å²) in [7, 11) is 0. The molecule has 1 fully saturated rings. The van der Waals surface area contributed by atoms with Crippen molar-refractivity contribution in [3.05, 3.63) is 83.3 Å². The quantitative estimate of drug-likeness (QED) is 0.642. The van der Waals surface area contributed by atoms with Gasteiger partial charge in [0, 0.05) is 18.5 Å². The van der Waals surface area contributed by atoms with Crippen molar-refractivity contribution >= 4 is 11.8 Å². The summed E-state index contributed by atoms with van der Waals surface area (Å²) >= 11 is 0. The molecule has 0 amide bonds. The zero-order chi connectivity index (χ0) is 21.6. The summed E-state index contributed by atoms with van der Waals surface area (Å²) in [6, 6.07) is 17.1. The number of hydrogen-bond acceptors (Lipinski definition) is 5. The van der Waals surface area contributed by atoms with Crippen LogP contribution in [-0.2, 0) is 11.2 Å². The maximum absolute atomic E-state index is 13.8. The molecule has 1 unspecified atom stereocenters. The van der Waals surface area contributed by atoms with E-state index in [0.717, 1.165) is 29.9 Å². The van der Waals surface area contributed by atoms with Gasteiger partial charge in [-0.3, -0.25) is 4.79 Å². The third-order valence-electron chi connectivity index (χ3n) is 4.89. The number of halogens is 1. The number of para-hydroxylation sites is 1. The van der Waals surface area contributed by atoms with Gasteiger partial charge in [-0.1, -0.05) is 30.2 Å². The molecule has 6 nitrogen and oxygen atoms in total. The third kappa shape index (κ3) is 5.37. The minimum absolute atomic E-state index is 0.0106. The van der Waals surface area contributed by atoms with Gasteiger partial charge in [-0.25, -0.2) is 4.39 Å². The van der Waals surface area contributed by atoms with Gasteiger partial charge in [0.05, 0.1) is 13.0 Å². The Bertz CT molecular complexity index is 1120. The lowest BCUT2D eigenvalue weighted by atomic mass is 10.1. The first-order valence-electron chi connectivity index (χ1n) is 9.89. The number of nitrogens with zero attached hydrogens (tertiary/aromatic N) is 3. The molecule has 31 heavy (non-hydrogen) atoms. The molecule has 3 aromatic rings. The average Bonchev–Trinajstić information content (AvgIpc) is 3.23. The molecule has 1 aliphatic heterocycles. The van der Waals surface area contributed by atoms with Gasteiger partial charge in [0.15, 0.2) is 17.4 Å². The number of carboxylic acid groups (broad SMARTS) is 1. The number of ether oxygens (including phenoxy) is 1. The molecule has 0 spiro atoms. The van der Waals surface area contributed by atoms with Gasteiger partial charge in [-0.2, -0.15) is 0 Å². The Morgan fingerprint density at radius 2 is 1.90 bits per heavy atom. The second-order valence-corrected chi connectivity index (χ2v) is 7.20. The molecule has 0 radical (unpaired) electrons. The van der Waals surface area contributed by atoms with Crippen molar-refractivity contribution in [3.63, 3.8) is 0 Å². The molecule has 1 aliphatic rings. The fraction of sp³-hybridized carbons (Fsp3) is 0.208. The van der Waals surface area contributed by atoms with Crippen LogP contribution in [0.2, 0.25) is 0 Å². The SMILES string of the molecule is O=C(O)Cc1ccc(C#Cc2ccc(N3CCC(Oc4ccccc4F)C3)nn2)cc1. The molecular formula is C24H20FN3O3. The van der Waals surface area contributed by atoms with E-state index in [-0.39, 0.29) is 24.1 Å². The van der Waals surface area contributed by atoms with Gasteiger partial charge >= 0.3 is 5.97 Å². The predicted octanol–water partition coefficient (Wildman–Crippen LogP) is 3.30. The lowest BCUT2D eigenvalue weighted by Gasteiger charge is -2.17. The fourth-order valence-electron chi connectivity index (χ4n) is 3.33. The van der Waals surface area contributed by atoms with E-state index < -0.39 is 5.97 Å². The largest absolute Gasteiger partial charge is 0.485 e. The summed E-state index contributed by atoms with van der Waals surface area (Å²) in [5.41, 5.74) is 2.04. The Labute approximate surface area is 179 Å². The minimum Gasteiger partial charge on any atom is -0.485 e. The zero-order valence-corrected chi connectivity index (χ0v) is 16.7. The van der Waals surface area contributed by atoms with Crippen LogP contribution in [0.3, 0.4) is 0 Å². The highest BCUT2D eigenvalue weighted by Crippen LogP contribution is 2.23. The van der Waals surface area contributed by atoms with Crippen LogP contribution in [0.25, 0.3) is 0 Å². The van der Waals surface area contributed by atoms with Gasteiger partial charge in [-0.15, -0.1) is 10.2 Å². The summed E-state index contributed by atoms with van der Waals surface area (Å²) in [4.78, 5) is 12.8. The monoisotopic (exact) mass is 417 g/mol. The Balaban J connectivity index is 1.35. The number of hydrogen-bond donors (Lipinski definition) is 1. The number of rotatable bonds is 5. The minimum atomic E-state index is -0.864. The Morgan fingerprint density at radius 1 is 1.10 bits per heavy atom. The van der Waals surface area contributed by atoms with Gasteiger partial charge in [0.25, 0.3) is 0 Å². The van der Waals surface area contributed by atoms with E-state index >= 15 is 0 Å². The molecule has 0 aliphatic carbocycles. The van der Waals surface area contributed by atoms with Gasteiger partial charge in [-0.05, 0) is 47.9 Å². The van der Waals surface area contributed by atoms with Crippen LogP contribution >= 0.6 is 0 Å². The van der Waals surface area contributed by atoms with E-state index in [1.165, 1.54) is 6.07 Å². The van der Waals surface area contributed by atoms with Crippen molar-refractivity contribution in [1.29, 1.82) is 0 Å². The van der Waals surface area contributed by atoms with Crippen LogP contribution in [0.5, 0.6) is 5.75 Å². The lowest BCUT2D eigenvalue weighted by Crippen LogP contribution is -2.25. The maximum Gasteiger partial charge on any atom is 0.307 e. The number of aromatic nitrogens is 2. The molecule has 2 aromatic carbocycles. The molecule has 7 heteroatoms. The number of aliphatic carboxylic acids is 1. The smallest absolute Gasteiger partial charge is 0.307 e. The molecule has 0 bridgehead atoms. The van der Waals surface area contributed by atoms with Gasteiger partial charge < -0.3 is 14.7 Å². The molecule has 156 valence electrons. The first-order valence-corrected chi connectivity index (χ1v) is 9.89. The zero-order valence-electron chi connectivity index (χ0n) is 16.7. The summed E-state index contributed by atoms with van der Waals surface area (Å²) in [5.74, 6) is 5.73. The van der Waals surface area contributed by atoms with E-state index in [9.17, 15) is 9.18 Å². The van der Waals surface area contributed by atoms with Crippen LogP contribution in [0.1, 0.15) is 23.2 Å². The van der Waals surface area contributed by atoms with Crippen LogP contribution < -0.4 is 9.64 Å². The molecule has 1 aromatic heterocycles. The van der Waals surface area contributed by atoms with E-state index in [2.05, 4.69) is 26.9 Å². The van der Waals surface area contributed by atoms with E-state index in [1.54, 1.807) is 48.5 Å². The highest BCUT2D eigenvalue weighted by molar-refractivity contribution is 5.70. The highest BCUT2D eigenvalue weighted by atomic mass is 19.1. The molecule has 4 rings (SSSR count). The van der Waals surface area contributed by atoms with Crippen molar-refractivity contribution in [2.75, 3.05) is 18.0 Å². The number of anilines is 1. The molecular weight excluding hydrogens is 397 g/mol. The normalized spacial score (nSPS) is 15.3. The van der Waals surface area contributed by atoms with Crippen molar-refractivity contribution in [2.24, 2.45) is 0 Å². The van der Waals surface area contributed by atoms with E-state index in [1.807, 2.05) is 6.07 Å². The van der Waals surface area contributed by atoms with E-state index in [0.29, 0.717) is 12.2 Å². The lowest BCUT2D eigenvalue weighted by molar-refractivity contribution is -0.136. The standard InChI is InChI=1S/C24H20FN3O3/c25-21-3-1-2-4-22(21)31-20-13-14-28(16-20)23-12-11-19(26-27-23)10-9-17-5-7-18(8-6-17)15-24(29)30/h1-8,11-12,20H,13-16H2,(H,29,30). The number of carboxylic acids is 1. The highest BCUT2D eigenvalue weighted by Gasteiger charge is 2.26. The summed E-state index contributed by atoms with van der Waals surface area (Å²) < 4.78 is 19.6. The predicted molar refractivity (Wildman–Crippen MR) is 113 cm³/mol. The fourth-order valence-corrected chi connectivity index (χ4v) is 3.33. The van der Waals surface area contributed by atoms with Crippen molar-refractivity contribution in [3.8, 4) is 17.6 Å². The van der Waals surface area contributed by atoms with E-state index in [4.69, 9.17) is 9.84 Å². The Hall–Kier alpha value is -3.92. The number of benzene rings is 2. The van der Waals surface area contributed by atoms with Crippen molar-refractivity contribution < 1.29 is 19.0 Å². The first kappa shape index (κ1) is 20.4. The summed E-state index contributed by atoms with van der Waals surface area (Å²) in [6.45, 7) is 1.36. The van der Waals surface area contributed by atoms with Crippen molar-refractivity contribution in [2.45, 2.75) is 18.9 Å². The molecule has 1 saturated heterocycles. The summed E-state index contributed by atoms with van der Waals surface area (Å²) in [5, 5.41) is 17.2. The molecule has 1 N–H and O–H groups in total. The Morgan fingerprint density at radius 3 is 2.61 bits per heavy atom. The summed E-state index contributed by atoms with van der Waals surface area (Å²) in [6.07, 6.45) is 0.654. The number of carbonyl (C=O) groups is 1. The van der Waals surface area contributed by atoms with Crippen LogP contribution in [0, 0.1) is 17.7 Å². The third-order valence-corrected chi connectivity index (χ3v) is 4.89. The van der Waals surface area contributed by atoms with Crippen molar-refractivity contribution in [1.82, 2.24) is 10.2 Å². The molecule has 0 saturated carbocycles. The van der Waals surface area contributed by atoms with Gasteiger partial charge in [0.1, 0.15) is 11.8 Å². The first-order chi connectivity index (χ1) is 15.1. The topological polar surface area (TPSA) is 75.5 Å². The second-order valence-electron chi connectivity index (χ2n) is 7.20. The second kappa shape index (κ2) is 9.26.